The predicted molar refractivity (Wildman–Crippen MR) is 404 cm³/mol. The Kier molecular flexibility index (Phi) is 73.5. The Hall–Kier alpha value is -4.11. The summed E-state index contributed by atoms with van der Waals surface area (Å²) in [6.45, 7) is 3.64. The van der Waals surface area contributed by atoms with Crippen molar-refractivity contribution in [2.45, 2.75) is 341 Å². The highest BCUT2D eigenvalue weighted by Gasteiger charge is 2.26. The molecule has 3 N–H and O–H groups in total. The van der Waals surface area contributed by atoms with Gasteiger partial charge in [0, 0.05) is 19.4 Å². The Morgan fingerprint density at radius 1 is 0.333 bits per heavy atom. The molecular weight excluding hydrogens is 1170 g/mol. The van der Waals surface area contributed by atoms with Gasteiger partial charge >= 0.3 is 19.8 Å². The number of allylic oxidation sites excluding steroid dienone is 24. The van der Waals surface area contributed by atoms with Gasteiger partial charge in [0.2, 0.25) is 0 Å². The number of hydrogen-bond acceptors (Lipinski definition) is 8. The third-order valence-corrected chi connectivity index (χ3v) is 17.2. The van der Waals surface area contributed by atoms with Crippen LogP contribution in [0.4, 0.5) is 0 Å². The number of unbranched alkanes of at least 4 members (excludes halogenated alkanes) is 34. The molecule has 9 nitrogen and oxygen atoms in total. The van der Waals surface area contributed by atoms with Crippen molar-refractivity contribution in [2.24, 2.45) is 5.73 Å². The molecule has 0 amide bonds. The van der Waals surface area contributed by atoms with E-state index in [4.69, 9.17) is 24.3 Å². The van der Waals surface area contributed by atoms with E-state index in [1.165, 1.54) is 193 Å². The SMILES string of the molecule is CC/C=C\C/C=C\C/C=C\C/C=C\C/C=C\C/C=C\C/C=C\C/C=C\C/C=C\CCCCCCCCCCCCCCCC(=O)OC(COC(=O)CCCCCCCCCCCCCCCCCC/C=C\C/C=C\C/C=C\CCCCCCC)COP(=O)(O)OCCN. The van der Waals surface area contributed by atoms with Crippen LogP contribution in [0, 0.1) is 0 Å². The Balaban J connectivity index is 3.88. The zero-order chi connectivity index (χ0) is 67.2. The molecule has 0 aliphatic heterocycles. The number of nitrogens with two attached hydrogens (primary N) is 1. The van der Waals surface area contributed by atoms with Crippen molar-refractivity contribution in [2.75, 3.05) is 26.4 Å². The van der Waals surface area contributed by atoms with E-state index >= 15 is 0 Å². The molecule has 0 heterocycles. The monoisotopic (exact) mass is 1310 g/mol. The minimum absolute atomic E-state index is 0.0488. The fourth-order valence-electron chi connectivity index (χ4n) is 10.6. The van der Waals surface area contributed by atoms with Crippen LogP contribution in [-0.2, 0) is 32.7 Å². The fourth-order valence-corrected chi connectivity index (χ4v) is 11.3. The van der Waals surface area contributed by atoms with Gasteiger partial charge in [-0.3, -0.25) is 18.6 Å². The van der Waals surface area contributed by atoms with Crippen LogP contribution >= 0.6 is 7.82 Å². The molecule has 0 aromatic carbocycles. The molecule has 0 spiro atoms. The maximum Gasteiger partial charge on any atom is 0.472 e. The lowest BCUT2D eigenvalue weighted by Crippen LogP contribution is -2.29. The third-order valence-electron chi connectivity index (χ3n) is 16.2. The summed E-state index contributed by atoms with van der Waals surface area (Å²) < 4.78 is 33.2. The molecule has 0 saturated carbocycles. The molecule has 0 aromatic rings. The first kappa shape index (κ1) is 88.9. The predicted octanol–water partition coefficient (Wildman–Crippen LogP) is 25.8. The van der Waals surface area contributed by atoms with E-state index in [-0.39, 0.29) is 38.6 Å². The summed E-state index contributed by atoms with van der Waals surface area (Å²) in [6.07, 6.45) is 111. The topological polar surface area (TPSA) is 134 Å². The van der Waals surface area contributed by atoms with Gasteiger partial charge in [-0.1, -0.05) is 346 Å². The van der Waals surface area contributed by atoms with Crippen molar-refractivity contribution in [3.8, 4) is 0 Å². The second-order valence-electron chi connectivity index (χ2n) is 25.1. The molecule has 93 heavy (non-hydrogen) atoms. The second-order valence-corrected chi connectivity index (χ2v) is 26.6. The van der Waals surface area contributed by atoms with Crippen molar-refractivity contribution in [1.29, 1.82) is 0 Å². The molecule has 0 rings (SSSR count). The molecular formula is C83H142NO8P. The van der Waals surface area contributed by atoms with Crippen molar-refractivity contribution in [1.82, 2.24) is 0 Å². The summed E-state index contributed by atoms with van der Waals surface area (Å²) in [5.41, 5.74) is 5.41. The second kappa shape index (κ2) is 76.9. The molecule has 2 atom stereocenters. The largest absolute Gasteiger partial charge is 0.472 e. The van der Waals surface area contributed by atoms with Crippen molar-refractivity contribution >= 4 is 19.8 Å². The number of phosphoric ester groups is 1. The van der Waals surface area contributed by atoms with E-state index in [2.05, 4.69) is 160 Å². The first-order valence-corrected chi connectivity index (χ1v) is 39.8. The number of esters is 2. The summed E-state index contributed by atoms with van der Waals surface area (Å²) in [7, 11) is -4.40. The number of hydrogen-bond donors (Lipinski definition) is 2. The molecule has 0 fully saturated rings. The molecule has 10 heteroatoms. The van der Waals surface area contributed by atoms with Crippen LogP contribution < -0.4 is 5.73 Å². The van der Waals surface area contributed by atoms with Crippen molar-refractivity contribution in [3.05, 3.63) is 146 Å². The van der Waals surface area contributed by atoms with Gasteiger partial charge < -0.3 is 20.1 Å². The van der Waals surface area contributed by atoms with Crippen LogP contribution in [0.5, 0.6) is 0 Å². The Morgan fingerprint density at radius 2 is 0.591 bits per heavy atom. The average molecular weight is 1310 g/mol. The number of carbonyl (C=O) groups excluding carboxylic acids is 2. The Morgan fingerprint density at radius 3 is 0.882 bits per heavy atom. The van der Waals surface area contributed by atoms with E-state index in [1.807, 2.05) is 0 Å². The molecule has 0 bridgehead atoms. The van der Waals surface area contributed by atoms with Gasteiger partial charge in [0.25, 0.3) is 0 Å². The number of phosphoric acid groups is 1. The zero-order valence-corrected chi connectivity index (χ0v) is 60.8. The van der Waals surface area contributed by atoms with Gasteiger partial charge in [-0.05, 0) is 122 Å². The highest BCUT2D eigenvalue weighted by molar-refractivity contribution is 7.47. The normalized spacial score (nSPS) is 13.7. The van der Waals surface area contributed by atoms with Crippen molar-refractivity contribution < 1.29 is 37.6 Å². The molecule has 532 valence electrons. The van der Waals surface area contributed by atoms with E-state index < -0.39 is 26.5 Å². The summed E-state index contributed by atoms with van der Waals surface area (Å²) in [5.74, 6) is -0.824. The lowest BCUT2D eigenvalue weighted by atomic mass is 10.0. The summed E-state index contributed by atoms with van der Waals surface area (Å²) in [5, 5.41) is 0. The highest BCUT2D eigenvalue weighted by atomic mass is 31.2. The fraction of sp³-hybridized carbons (Fsp3) is 0.687. The van der Waals surface area contributed by atoms with Gasteiger partial charge in [0.15, 0.2) is 6.10 Å². The molecule has 0 aliphatic carbocycles. The summed E-state index contributed by atoms with van der Waals surface area (Å²) >= 11 is 0. The van der Waals surface area contributed by atoms with E-state index in [0.29, 0.717) is 6.42 Å². The van der Waals surface area contributed by atoms with Crippen LogP contribution in [0.2, 0.25) is 0 Å². The lowest BCUT2D eigenvalue weighted by molar-refractivity contribution is -0.161. The van der Waals surface area contributed by atoms with Crippen LogP contribution in [-0.4, -0.2) is 49.3 Å². The van der Waals surface area contributed by atoms with Crippen LogP contribution in [0.15, 0.2) is 146 Å². The van der Waals surface area contributed by atoms with Gasteiger partial charge in [0.05, 0.1) is 13.2 Å². The minimum atomic E-state index is -4.40. The summed E-state index contributed by atoms with van der Waals surface area (Å²) in [4.78, 5) is 35.4. The maximum absolute atomic E-state index is 12.8. The van der Waals surface area contributed by atoms with Gasteiger partial charge in [-0.15, -0.1) is 0 Å². The molecule has 0 radical (unpaired) electrons. The molecule has 0 aliphatic rings. The molecule has 0 aromatic heterocycles. The third kappa shape index (κ3) is 76.8. The number of rotatable bonds is 71. The quantitative estimate of drug-likeness (QED) is 0.0264. The smallest absolute Gasteiger partial charge is 0.462 e. The van der Waals surface area contributed by atoms with E-state index in [9.17, 15) is 19.0 Å². The van der Waals surface area contributed by atoms with Crippen molar-refractivity contribution in [3.63, 3.8) is 0 Å². The maximum atomic E-state index is 12.8. The van der Waals surface area contributed by atoms with Crippen LogP contribution in [0.1, 0.15) is 335 Å². The molecule has 2 unspecified atom stereocenters. The van der Waals surface area contributed by atoms with Crippen LogP contribution in [0.25, 0.3) is 0 Å². The Bertz CT molecular complexity index is 2040. The van der Waals surface area contributed by atoms with Gasteiger partial charge in [0.1, 0.15) is 6.61 Å². The average Bonchev–Trinajstić information content (AvgIpc) is 3.49. The number of ether oxygens (including phenoxy) is 2. The number of carbonyl (C=O) groups is 2. The summed E-state index contributed by atoms with van der Waals surface area (Å²) in [6, 6.07) is 0. The highest BCUT2D eigenvalue weighted by Crippen LogP contribution is 2.43. The standard InChI is InChI=1S/C83H142NO8P/c1-3-5-7-9-11-13-15-17-19-21-23-25-27-29-31-33-35-36-37-38-39-40-41-42-43-44-46-48-50-52-54-56-58-60-62-64-66-68-70-72-74-76-83(86)92-81(80-91-93(87,88)90-78-77-84)79-89-82(85)75-73-71-69-67-65-63-61-59-57-55-53-51-49-47-45-34-32-30-28-26-24-22-20-18-16-14-12-10-8-6-4-2/h5,7,11,13,16-19,22-25,28-31,35-36,38-39,41-42,44,46,81H,3-4,6,8-10,12,14-15,20-21,26-27,32-34,37,40,43,45,47-80,84H2,1-2H3,(H,87,88)/b7-5-,13-11-,18-16-,19-17-,24-22-,25-23-,30-28-,31-29-,36-35-,39-38-,42-41-,46-44-. The first-order chi connectivity index (χ1) is 45.8. The lowest BCUT2D eigenvalue weighted by Gasteiger charge is -2.19. The van der Waals surface area contributed by atoms with E-state index in [0.717, 1.165) is 109 Å². The van der Waals surface area contributed by atoms with Gasteiger partial charge in [-0.25, -0.2) is 4.57 Å². The van der Waals surface area contributed by atoms with Crippen LogP contribution in [0.3, 0.4) is 0 Å². The molecule has 0 saturated heterocycles. The Labute approximate surface area is 573 Å². The van der Waals surface area contributed by atoms with Gasteiger partial charge in [-0.2, -0.15) is 0 Å². The van der Waals surface area contributed by atoms with E-state index in [1.54, 1.807) is 0 Å². The zero-order valence-electron chi connectivity index (χ0n) is 59.9. The first-order valence-electron chi connectivity index (χ1n) is 38.3. The minimum Gasteiger partial charge on any atom is -0.462 e.